The maximum Gasteiger partial charge on any atom is 0.243 e. The molecule has 0 bridgehead atoms. The Morgan fingerprint density at radius 1 is 0.963 bits per heavy atom. The van der Waals surface area contributed by atoms with Gasteiger partial charge in [0.05, 0.1) is 10.6 Å². The first kappa shape index (κ1) is 19.9. The maximum absolute atomic E-state index is 12.7. The van der Waals surface area contributed by atoms with Gasteiger partial charge in [-0.1, -0.05) is 24.3 Å². The lowest BCUT2D eigenvalue weighted by Crippen LogP contribution is -2.50. The second-order valence-electron chi connectivity index (χ2n) is 6.63. The van der Waals surface area contributed by atoms with Crippen LogP contribution in [0, 0.1) is 13.8 Å². The summed E-state index contributed by atoms with van der Waals surface area (Å²) in [6.45, 7) is 5.65. The summed E-state index contributed by atoms with van der Waals surface area (Å²) in [7, 11) is -3.49. The third-order valence-electron chi connectivity index (χ3n) is 4.81. The van der Waals surface area contributed by atoms with Crippen molar-refractivity contribution in [3.63, 3.8) is 0 Å². The van der Waals surface area contributed by atoms with Gasteiger partial charge in [0, 0.05) is 31.1 Å². The lowest BCUT2D eigenvalue weighted by Gasteiger charge is -2.34. The van der Waals surface area contributed by atoms with Gasteiger partial charge in [0.2, 0.25) is 15.9 Å². The van der Waals surface area contributed by atoms with E-state index >= 15 is 0 Å². The van der Waals surface area contributed by atoms with Gasteiger partial charge in [0.1, 0.15) is 0 Å². The molecule has 144 valence electrons. The Labute approximate surface area is 165 Å². The summed E-state index contributed by atoms with van der Waals surface area (Å²) in [5, 5.41) is 0. The van der Waals surface area contributed by atoms with Crippen LogP contribution in [0.5, 0.6) is 0 Å². The van der Waals surface area contributed by atoms with E-state index in [1.54, 1.807) is 35.2 Å². The van der Waals surface area contributed by atoms with E-state index in [0.29, 0.717) is 36.8 Å². The van der Waals surface area contributed by atoms with Crippen LogP contribution in [0.25, 0.3) is 0 Å². The van der Waals surface area contributed by atoms with E-state index in [0.717, 1.165) is 4.90 Å². The van der Waals surface area contributed by atoms with Crippen LogP contribution in [0.2, 0.25) is 0 Å². The molecule has 2 aromatic carbocycles. The van der Waals surface area contributed by atoms with Crippen molar-refractivity contribution in [3.8, 4) is 0 Å². The Bertz CT molecular complexity index is 906. The second-order valence-corrected chi connectivity index (χ2v) is 9.62. The number of hydrogen-bond donors (Lipinski definition) is 0. The fraction of sp³-hybridized carbons (Fsp3) is 0.350. The molecule has 1 saturated heterocycles. The molecule has 0 atom stereocenters. The number of rotatable bonds is 5. The van der Waals surface area contributed by atoms with Gasteiger partial charge in [0.25, 0.3) is 0 Å². The molecule has 7 heteroatoms. The number of carbonyl (C=O) groups excluding carboxylic acids is 1. The van der Waals surface area contributed by atoms with Gasteiger partial charge in [-0.15, -0.1) is 11.8 Å². The van der Waals surface area contributed by atoms with Crippen molar-refractivity contribution in [1.82, 2.24) is 9.21 Å². The predicted octanol–water partition coefficient (Wildman–Crippen LogP) is 2.93. The van der Waals surface area contributed by atoms with Crippen molar-refractivity contribution in [3.05, 3.63) is 59.7 Å². The van der Waals surface area contributed by atoms with Crippen LogP contribution >= 0.6 is 11.8 Å². The summed E-state index contributed by atoms with van der Waals surface area (Å²) in [5.41, 5.74) is 2.45. The first-order valence-electron chi connectivity index (χ1n) is 8.91. The minimum Gasteiger partial charge on any atom is -0.339 e. The van der Waals surface area contributed by atoms with Crippen LogP contribution in [-0.4, -0.2) is 55.5 Å². The zero-order valence-electron chi connectivity index (χ0n) is 15.6. The largest absolute Gasteiger partial charge is 0.339 e. The Kier molecular flexibility index (Phi) is 6.24. The van der Waals surface area contributed by atoms with E-state index < -0.39 is 10.0 Å². The number of sulfonamides is 1. The number of thioether (sulfide) groups is 1. The average Bonchev–Trinajstić information content (AvgIpc) is 2.69. The minimum atomic E-state index is -3.49. The molecule has 0 saturated carbocycles. The molecular formula is C20H24N2O3S2. The van der Waals surface area contributed by atoms with E-state index in [9.17, 15) is 13.2 Å². The molecule has 2 aromatic rings. The van der Waals surface area contributed by atoms with Crippen LogP contribution in [-0.2, 0) is 14.8 Å². The van der Waals surface area contributed by atoms with Crippen molar-refractivity contribution in [2.45, 2.75) is 23.6 Å². The molecule has 1 aliphatic rings. The molecule has 0 radical (unpaired) electrons. The Morgan fingerprint density at radius 2 is 1.63 bits per heavy atom. The summed E-state index contributed by atoms with van der Waals surface area (Å²) < 4.78 is 26.8. The fourth-order valence-corrected chi connectivity index (χ4v) is 5.30. The van der Waals surface area contributed by atoms with Crippen molar-refractivity contribution >= 4 is 27.7 Å². The molecule has 0 N–H and O–H groups in total. The normalized spacial score (nSPS) is 15.7. The molecular weight excluding hydrogens is 380 g/mol. The van der Waals surface area contributed by atoms with E-state index in [1.165, 1.54) is 27.2 Å². The molecule has 1 amide bonds. The van der Waals surface area contributed by atoms with E-state index in [2.05, 4.69) is 26.0 Å². The highest BCUT2D eigenvalue weighted by molar-refractivity contribution is 8.00. The summed E-state index contributed by atoms with van der Waals surface area (Å²) in [6.07, 6.45) is 0. The fourth-order valence-electron chi connectivity index (χ4n) is 2.96. The minimum absolute atomic E-state index is 0.0509. The first-order chi connectivity index (χ1) is 12.9. The van der Waals surface area contributed by atoms with Crippen LogP contribution in [0.1, 0.15) is 11.1 Å². The molecule has 0 unspecified atom stereocenters. The van der Waals surface area contributed by atoms with Gasteiger partial charge >= 0.3 is 0 Å². The van der Waals surface area contributed by atoms with Gasteiger partial charge in [-0.3, -0.25) is 4.79 Å². The summed E-state index contributed by atoms with van der Waals surface area (Å²) >= 11 is 1.53. The number of aryl methyl sites for hydroxylation is 2. The second kappa shape index (κ2) is 8.46. The van der Waals surface area contributed by atoms with Crippen molar-refractivity contribution in [2.24, 2.45) is 0 Å². The SMILES string of the molecule is Cc1ccc(SCC(=O)N2CCN(S(=O)(=O)c3ccccc3)CC2)cc1C. The monoisotopic (exact) mass is 404 g/mol. The van der Waals surface area contributed by atoms with Gasteiger partial charge in [-0.25, -0.2) is 8.42 Å². The third kappa shape index (κ3) is 4.72. The van der Waals surface area contributed by atoms with E-state index in [4.69, 9.17) is 0 Å². The highest BCUT2D eigenvalue weighted by Crippen LogP contribution is 2.22. The number of hydrogen-bond acceptors (Lipinski definition) is 4. The van der Waals surface area contributed by atoms with Crippen LogP contribution < -0.4 is 0 Å². The van der Waals surface area contributed by atoms with Crippen LogP contribution in [0.4, 0.5) is 0 Å². The lowest BCUT2D eigenvalue weighted by atomic mass is 10.1. The molecule has 0 spiro atoms. The molecule has 0 aliphatic carbocycles. The summed E-state index contributed by atoms with van der Waals surface area (Å²) in [5.74, 6) is 0.420. The molecule has 1 fully saturated rings. The molecule has 0 aromatic heterocycles. The smallest absolute Gasteiger partial charge is 0.243 e. The highest BCUT2D eigenvalue weighted by Gasteiger charge is 2.29. The Hall–Kier alpha value is -1.83. The van der Waals surface area contributed by atoms with Crippen molar-refractivity contribution in [1.29, 1.82) is 0 Å². The molecule has 3 rings (SSSR count). The third-order valence-corrected chi connectivity index (χ3v) is 7.70. The number of benzene rings is 2. The first-order valence-corrected chi connectivity index (χ1v) is 11.3. The topological polar surface area (TPSA) is 57.7 Å². The van der Waals surface area contributed by atoms with E-state index in [-0.39, 0.29) is 5.91 Å². The standard InChI is InChI=1S/C20H24N2O3S2/c1-16-8-9-18(14-17(16)2)26-15-20(23)21-10-12-22(13-11-21)27(24,25)19-6-4-3-5-7-19/h3-9,14H,10-13,15H2,1-2H3. The zero-order valence-corrected chi connectivity index (χ0v) is 17.2. The molecule has 1 aliphatic heterocycles. The van der Waals surface area contributed by atoms with Crippen LogP contribution in [0.3, 0.4) is 0 Å². The zero-order chi connectivity index (χ0) is 19.4. The Balaban J connectivity index is 1.54. The number of carbonyl (C=O) groups is 1. The van der Waals surface area contributed by atoms with Gasteiger partial charge in [-0.05, 0) is 49.2 Å². The van der Waals surface area contributed by atoms with Gasteiger partial charge in [-0.2, -0.15) is 4.31 Å². The number of piperazine rings is 1. The number of amides is 1. The maximum atomic E-state index is 12.7. The summed E-state index contributed by atoms with van der Waals surface area (Å²) in [4.78, 5) is 15.6. The van der Waals surface area contributed by atoms with Gasteiger partial charge < -0.3 is 4.90 Å². The van der Waals surface area contributed by atoms with Crippen molar-refractivity contribution in [2.75, 3.05) is 31.9 Å². The number of nitrogens with zero attached hydrogens (tertiary/aromatic N) is 2. The van der Waals surface area contributed by atoms with Crippen LogP contribution in [0.15, 0.2) is 58.3 Å². The molecule has 1 heterocycles. The van der Waals surface area contributed by atoms with Crippen molar-refractivity contribution < 1.29 is 13.2 Å². The average molecular weight is 405 g/mol. The Morgan fingerprint density at radius 3 is 2.26 bits per heavy atom. The predicted molar refractivity (Wildman–Crippen MR) is 108 cm³/mol. The lowest BCUT2D eigenvalue weighted by molar-refractivity contribution is -0.129. The van der Waals surface area contributed by atoms with Gasteiger partial charge in [0.15, 0.2) is 0 Å². The van der Waals surface area contributed by atoms with E-state index in [1.807, 2.05) is 6.07 Å². The highest BCUT2D eigenvalue weighted by atomic mass is 32.2. The molecule has 27 heavy (non-hydrogen) atoms. The molecule has 5 nitrogen and oxygen atoms in total. The summed E-state index contributed by atoms with van der Waals surface area (Å²) in [6, 6.07) is 14.6. The quantitative estimate of drug-likeness (QED) is 0.719.